The van der Waals surface area contributed by atoms with E-state index in [0.717, 1.165) is 41.2 Å². The van der Waals surface area contributed by atoms with Gasteiger partial charge < -0.3 is 15.5 Å². The number of imidazole rings is 1. The van der Waals surface area contributed by atoms with Gasteiger partial charge in [0.05, 0.1) is 5.69 Å². The van der Waals surface area contributed by atoms with Gasteiger partial charge in [-0.2, -0.15) is 0 Å². The SMILES string of the molecule is CCN(CC)c1ccc(NC(=O)CCCNC(=O)c2c(C)nc3c(C)cccn23)c(C)c1. The molecule has 170 valence electrons. The number of carbonyl (C=O) groups is 2. The molecule has 0 spiro atoms. The molecule has 0 aliphatic carbocycles. The van der Waals surface area contributed by atoms with Gasteiger partial charge in [-0.05, 0) is 76.4 Å². The predicted octanol–water partition coefficient (Wildman–Crippen LogP) is 4.25. The van der Waals surface area contributed by atoms with Crippen molar-refractivity contribution in [2.45, 2.75) is 47.5 Å². The molecule has 0 fully saturated rings. The zero-order valence-electron chi connectivity index (χ0n) is 19.7. The van der Waals surface area contributed by atoms with Crippen molar-refractivity contribution in [2.75, 3.05) is 29.9 Å². The number of amides is 2. The van der Waals surface area contributed by atoms with Gasteiger partial charge in [0.25, 0.3) is 5.91 Å². The topological polar surface area (TPSA) is 78.7 Å². The molecule has 3 aromatic rings. The molecule has 2 N–H and O–H groups in total. The number of aromatic nitrogens is 2. The minimum absolute atomic E-state index is 0.0560. The maximum absolute atomic E-state index is 12.7. The number of rotatable bonds is 9. The quantitative estimate of drug-likeness (QED) is 0.493. The number of carbonyl (C=O) groups excluding carboxylic acids is 2. The van der Waals surface area contributed by atoms with Gasteiger partial charge in [0.2, 0.25) is 5.91 Å². The van der Waals surface area contributed by atoms with Crippen LogP contribution in [0.5, 0.6) is 0 Å². The zero-order chi connectivity index (χ0) is 23.3. The summed E-state index contributed by atoms with van der Waals surface area (Å²) in [5.74, 6) is -0.233. The van der Waals surface area contributed by atoms with Crippen molar-refractivity contribution >= 4 is 28.8 Å². The molecule has 0 aliphatic rings. The third-order valence-corrected chi connectivity index (χ3v) is 5.71. The van der Waals surface area contributed by atoms with Crippen molar-refractivity contribution in [2.24, 2.45) is 0 Å². The maximum Gasteiger partial charge on any atom is 0.270 e. The maximum atomic E-state index is 12.7. The minimum Gasteiger partial charge on any atom is -0.372 e. The van der Waals surface area contributed by atoms with Gasteiger partial charge in [0.15, 0.2) is 0 Å². The summed E-state index contributed by atoms with van der Waals surface area (Å²) < 4.78 is 1.82. The lowest BCUT2D eigenvalue weighted by Gasteiger charge is -2.22. The van der Waals surface area contributed by atoms with Gasteiger partial charge in [0, 0.05) is 43.6 Å². The minimum atomic E-state index is -0.177. The number of aryl methyl sites for hydroxylation is 3. The molecule has 0 bridgehead atoms. The van der Waals surface area contributed by atoms with E-state index in [2.05, 4.69) is 40.4 Å². The van der Waals surface area contributed by atoms with E-state index in [-0.39, 0.29) is 11.8 Å². The van der Waals surface area contributed by atoms with Crippen LogP contribution in [0.1, 0.15) is 54.0 Å². The van der Waals surface area contributed by atoms with Crippen LogP contribution in [-0.2, 0) is 4.79 Å². The Balaban J connectivity index is 1.51. The molecule has 3 rings (SSSR count). The molecule has 0 aliphatic heterocycles. The average molecular weight is 436 g/mol. The summed E-state index contributed by atoms with van der Waals surface area (Å²) in [6.07, 6.45) is 2.74. The Bertz CT molecular complexity index is 1110. The number of benzene rings is 1. The van der Waals surface area contributed by atoms with Crippen molar-refractivity contribution in [3.63, 3.8) is 0 Å². The van der Waals surface area contributed by atoms with Crippen LogP contribution in [0.3, 0.4) is 0 Å². The van der Waals surface area contributed by atoms with E-state index in [4.69, 9.17) is 0 Å². The second kappa shape index (κ2) is 10.3. The number of hydrogen-bond donors (Lipinski definition) is 2. The van der Waals surface area contributed by atoms with E-state index in [1.165, 1.54) is 0 Å². The van der Waals surface area contributed by atoms with E-state index in [1.54, 1.807) is 0 Å². The predicted molar refractivity (Wildman–Crippen MR) is 130 cm³/mol. The molecule has 2 heterocycles. The van der Waals surface area contributed by atoms with Crippen LogP contribution in [0.4, 0.5) is 11.4 Å². The van der Waals surface area contributed by atoms with Crippen molar-refractivity contribution in [3.05, 3.63) is 59.0 Å². The Morgan fingerprint density at radius 2 is 1.81 bits per heavy atom. The molecule has 2 aromatic heterocycles. The summed E-state index contributed by atoms with van der Waals surface area (Å²) >= 11 is 0. The highest BCUT2D eigenvalue weighted by Gasteiger charge is 2.17. The largest absolute Gasteiger partial charge is 0.372 e. The van der Waals surface area contributed by atoms with Crippen molar-refractivity contribution in [1.82, 2.24) is 14.7 Å². The van der Waals surface area contributed by atoms with Crippen LogP contribution in [0.25, 0.3) is 5.65 Å². The van der Waals surface area contributed by atoms with Crippen LogP contribution in [0, 0.1) is 20.8 Å². The van der Waals surface area contributed by atoms with Gasteiger partial charge in [0.1, 0.15) is 11.3 Å². The normalized spacial score (nSPS) is 10.9. The fourth-order valence-corrected chi connectivity index (χ4v) is 3.91. The molecule has 7 heteroatoms. The van der Waals surface area contributed by atoms with E-state index in [1.807, 2.05) is 55.6 Å². The van der Waals surface area contributed by atoms with Gasteiger partial charge in [-0.1, -0.05) is 6.07 Å². The van der Waals surface area contributed by atoms with Gasteiger partial charge in [-0.25, -0.2) is 4.98 Å². The molecule has 0 radical (unpaired) electrons. The van der Waals surface area contributed by atoms with E-state index < -0.39 is 0 Å². The summed E-state index contributed by atoms with van der Waals surface area (Å²) in [5.41, 5.74) is 6.06. The van der Waals surface area contributed by atoms with Crippen LogP contribution in [0.15, 0.2) is 36.5 Å². The van der Waals surface area contributed by atoms with Crippen LogP contribution < -0.4 is 15.5 Å². The van der Waals surface area contributed by atoms with E-state index >= 15 is 0 Å². The van der Waals surface area contributed by atoms with Gasteiger partial charge in [-0.15, -0.1) is 0 Å². The fraction of sp³-hybridized carbons (Fsp3) is 0.400. The van der Waals surface area contributed by atoms with Crippen molar-refractivity contribution in [1.29, 1.82) is 0 Å². The van der Waals surface area contributed by atoms with Crippen molar-refractivity contribution < 1.29 is 9.59 Å². The summed E-state index contributed by atoms with van der Waals surface area (Å²) in [6, 6.07) is 9.97. The lowest BCUT2D eigenvalue weighted by molar-refractivity contribution is -0.116. The second-order valence-corrected chi connectivity index (χ2v) is 8.01. The molecule has 0 unspecified atom stereocenters. The van der Waals surface area contributed by atoms with Crippen LogP contribution in [-0.4, -0.2) is 40.8 Å². The number of hydrogen-bond acceptors (Lipinski definition) is 4. The molecule has 32 heavy (non-hydrogen) atoms. The van der Waals surface area contributed by atoms with E-state index in [9.17, 15) is 9.59 Å². The first-order valence-electron chi connectivity index (χ1n) is 11.2. The lowest BCUT2D eigenvalue weighted by atomic mass is 10.1. The second-order valence-electron chi connectivity index (χ2n) is 8.01. The van der Waals surface area contributed by atoms with Crippen LogP contribution in [0.2, 0.25) is 0 Å². The number of nitrogens with zero attached hydrogens (tertiary/aromatic N) is 3. The smallest absolute Gasteiger partial charge is 0.270 e. The van der Waals surface area contributed by atoms with E-state index in [0.29, 0.717) is 30.8 Å². The lowest BCUT2D eigenvalue weighted by Crippen LogP contribution is -2.27. The Labute approximate surface area is 189 Å². The summed E-state index contributed by atoms with van der Waals surface area (Å²) in [4.78, 5) is 31.9. The summed E-state index contributed by atoms with van der Waals surface area (Å²) in [6.45, 7) is 12.4. The molecule has 2 amide bonds. The first-order chi connectivity index (χ1) is 15.3. The summed E-state index contributed by atoms with van der Waals surface area (Å²) in [7, 11) is 0. The highest BCUT2D eigenvalue weighted by atomic mass is 16.2. The molecule has 0 atom stereocenters. The molecular formula is C25H33N5O2. The molecule has 7 nitrogen and oxygen atoms in total. The third-order valence-electron chi connectivity index (χ3n) is 5.71. The highest BCUT2D eigenvalue weighted by molar-refractivity contribution is 5.95. The Morgan fingerprint density at radius 3 is 2.50 bits per heavy atom. The van der Waals surface area contributed by atoms with Gasteiger partial charge >= 0.3 is 0 Å². The zero-order valence-corrected chi connectivity index (χ0v) is 19.7. The fourth-order valence-electron chi connectivity index (χ4n) is 3.91. The summed E-state index contributed by atoms with van der Waals surface area (Å²) in [5, 5.41) is 5.90. The first kappa shape index (κ1) is 23.3. The highest BCUT2D eigenvalue weighted by Crippen LogP contribution is 2.23. The monoisotopic (exact) mass is 435 g/mol. The van der Waals surface area contributed by atoms with Crippen LogP contribution >= 0.6 is 0 Å². The molecular weight excluding hydrogens is 402 g/mol. The molecule has 0 saturated carbocycles. The van der Waals surface area contributed by atoms with Gasteiger partial charge in [-0.3, -0.25) is 14.0 Å². The molecule has 0 saturated heterocycles. The number of anilines is 2. The molecule has 1 aromatic carbocycles. The Morgan fingerprint density at radius 1 is 1.06 bits per heavy atom. The average Bonchev–Trinajstić information content (AvgIpc) is 3.11. The third kappa shape index (κ3) is 5.10. The number of nitrogens with one attached hydrogen (secondary N) is 2. The Hall–Kier alpha value is -3.35. The van der Waals surface area contributed by atoms with Crippen molar-refractivity contribution in [3.8, 4) is 0 Å². The number of fused-ring (bicyclic) bond motifs is 1. The standard InChI is InChI=1S/C25H33N5O2/c1-6-29(7-2)20-12-13-21(18(4)16-20)28-22(31)11-8-14-26-25(32)23-19(5)27-24-17(3)10-9-15-30(23)24/h9-10,12-13,15-16H,6-8,11,14H2,1-5H3,(H,26,32)(H,28,31). The number of pyridine rings is 1. The first-order valence-corrected chi connectivity index (χ1v) is 11.2. The Kier molecular flexibility index (Phi) is 7.51.